The van der Waals surface area contributed by atoms with Gasteiger partial charge in [-0.3, -0.25) is 14.9 Å². The Kier molecular flexibility index (Phi) is 4.37. The molecule has 0 bridgehead atoms. The molecule has 1 amide bonds. The third kappa shape index (κ3) is 3.27. The van der Waals surface area contributed by atoms with Crippen LogP contribution in [0.4, 0.5) is 15.8 Å². The number of amides is 1. The maximum Gasteiger partial charge on any atom is 0.293 e. The predicted octanol–water partition coefficient (Wildman–Crippen LogP) is 1.61. The van der Waals surface area contributed by atoms with Crippen molar-refractivity contribution in [1.82, 2.24) is 5.32 Å². The number of nitrogen functional groups attached to an aromatic ring is 1. The number of nitrogens with zero attached hydrogens (tertiary/aromatic N) is 1. The lowest BCUT2D eigenvalue weighted by atomic mass is 10.0. The summed E-state index contributed by atoms with van der Waals surface area (Å²) in [5.41, 5.74) is 4.12. The van der Waals surface area contributed by atoms with Crippen molar-refractivity contribution in [2.24, 2.45) is 0 Å². The van der Waals surface area contributed by atoms with Crippen LogP contribution in [0.5, 0.6) is 0 Å². The largest absolute Gasteiger partial charge is 0.392 e. The molecule has 2 unspecified atom stereocenters. The van der Waals surface area contributed by atoms with Crippen LogP contribution < -0.4 is 11.1 Å². The fraction of sp³-hybridized carbons (Fsp3) is 0.462. The van der Waals surface area contributed by atoms with Crippen LogP contribution >= 0.6 is 0 Å². The molecule has 1 fully saturated rings. The second-order valence-electron chi connectivity index (χ2n) is 4.99. The summed E-state index contributed by atoms with van der Waals surface area (Å²) < 4.78 is 19.1. The summed E-state index contributed by atoms with van der Waals surface area (Å²) in [7, 11) is 0. The van der Waals surface area contributed by atoms with Gasteiger partial charge in [-0.05, 0) is 25.8 Å². The third-order valence-corrected chi connectivity index (χ3v) is 3.42. The van der Waals surface area contributed by atoms with Crippen LogP contribution in [0, 0.1) is 15.9 Å². The lowest BCUT2D eigenvalue weighted by Gasteiger charge is -2.28. The average molecular weight is 297 g/mol. The van der Waals surface area contributed by atoms with E-state index in [0.29, 0.717) is 19.4 Å². The molecule has 21 heavy (non-hydrogen) atoms. The Balaban J connectivity index is 2.22. The quantitative estimate of drug-likeness (QED) is 0.500. The SMILES string of the molecule is CC1CC(NC(=O)c2c(F)ccc([N+](=O)[O-])c2N)CCO1. The molecule has 1 aromatic carbocycles. The second-order valence-corrected chi connectivity index (χ2v) is 4.99. The fourth-order valence-corrected chi connectivity index (χ4v) is 2.36. The maximum atomic E-state index is 13.8. The molecule has 1 heterocycles. The lowest BCUT2D eigenvalue weighted by Crippen LogP contribution is -2.41. The van der Waals surface area contributed by atoms with E-state index in [-0.39, 0.29) is 12.1 Å². The highest BCUT2D eigenvalue weighted by atomic mass is 19.1. The Morgan fingerprint density at radius 1 is 1.57 bits per heavy atom. The number of rotatable bonds is 3. The van der Waals surface area contributed by atoms with Gasteiger partial charge in [-0.25, -0.2) is 4.39 Å². The number of anilines is 1. The molecule has 1 aliphatic heterocycles. The van der Waals surface area contributed by atoms with Gasteiger partial charge in [-0.1, -0.05) is 0 Å². The Bertz CT molecular complexity index is 579. The molecule has 0 aromatic heterocycles. The highest BCUT2D eigenvalue weighted by molar-refractivity contribution is 6.01. The van der Waals surface area contributed by atoms with Crippen molar-refractivity contribution in [3.63, 3.8) is 0 Å². The van der Waals surface area contributed by atoms with Gasteiger partial charge >= 0.3 is 0 Å². The molecule has 1 aromatic rings. The first-order valence-electron chi connectivity index (χ1n) is 6.55. The minimum atomic E-state index is -0.879. The van der Waals surface area contributed by atoms with Gasteiger partial charge in [0.15, 0.2) is 0 Å². The highest BCUT2D eigenvalue weighted by Crippen LogP contribution is 2.27. The molecular formula is C13H16FN3O4. The minimum Gasteiger partial charge on any atom is -0.392 e. The Labute approximate surface area is 120 Å². The highest BCUT2D eigenvalue weighted by Gasteiger charge is 2.27. The first-order valence-corrected chi connectivity index (χ1v) is 6.55. The molecule has 8 heteroatoms. The van der Waals surface area contributed by atoms with E-state index < -0.39 is 33.6 Å². The summed E-state index contributed by atoms with van der Waals surface area (Å²) in [4.78, 5) is 22.2. The number of hydrogen-bond donors (Lipinski definition) is 2. The van der Waals surface area contributed by atoms with E-state index in [2.05, 4.69) is 5.32 Å². The number of nitrogens with one attached hydrogen (secondary N) is 1. The van der Waals surface area contributed by atoms with Crippen molar-refractivity contribution in [1.29, 1.82) is 0 Å². The number of hydrogen-bond acceptors (Lipinski definition) is 5. The van der Waals surface area contributed by atoms with E-state index in [9.17, 15) is 19.3 Å². The van der Waals surface area contributed by atoms with Gasteiger partial charge in [0.25, 0.3) is 11.6 Å². The van der Waals surface area contributed by atoms with Gasteiger partial charge in [0, 0.05) is 18.7 Å². The number of carbonyl (C=O) groups excluding carboxylic acids is 1. The van der Waals surface area contributed by atoms with Crippen molar-refractivity contribution in [2.75, 3.05) is 12.3 Å². The van der Waals surface area contributed by atoms with Crippen LogP contribution in [0.15, 0.2) is 12.1 Å². The molecule has 7 nitrogen and oxygen atoms in total. The van der Waals surface area contributed by atoms with Crippen molar-refractivity contribution >= 4 is 17.3 Å². The average Bonchev–Trinajstić information content (AvgIpc) is 2.38. The number of halogens is 1. The van der Waals surface area contributed by atoms with Gasteiger partial charge in [0.05, 0.1) is 11.0 Å². The third-order valence-electron chi connectivity index (χ3n) is 3.42. The molecule has 0 radical (unpaired) electrons. The van der Waals surface area contributed by atoms with Crippen molar-refractivity contribution in [2.45, 2.75) is 31.9 Å². The summed E-state index contributed by atoms with van der Waals surface area (Å²) in [6.45, 7) is 2.37. The standard InChI is InChI=1S/C13H16FN3O4/c1-7-6-8(4-5-21-7)16-13(18)11-9(14)2-3-10(12(11)15)17(19)20/h2-3,7-8H,4-6,15H2,1H3,(H,16,18). The maximum absolute atomic E-state index is 13.8. The zero-order valence-corrected chi connectivity index (χ0v) is 11.5. The topological polar surface area (TPSA) is 107 Å². The molecular weight excluding hydrogens is 281 g/mol. The van der Waals surface area contributed by atoms with Gasteiger partial charge in [-0.2, -0.15) is 0 Å². The van der Waals surface area contributed by atoms with Crippen LogP contribution in [-0.2, 0) is 4.74 Å². The van der Waals surface area contributed by atoms with Gasteiger partial charge in [0.2, 0.25) is 0 Å². The summed E-state index contributed by atoms with van der Waals surface area (Å²) >= 11 is 0. The normalized spacial score (nSPS) is 21.8. The number of benzene rings is 1. The second kappa shape index (κ2) is 6.04. The van der Waals surface area contributed by atoms with Crippen molar-refractivity contribution in [3.8, 4) is 0 Å². The number of nitrogens with two attached hydrogens (primary N) is 1. The first-order chi connectivity index (χ1) is 9.90. The molecule has 0 spiro atoms. The van der Waals surface area contributed by atoms with Crippen LogP contribution in [0.25, 0.3) is 0 Å². The molecule has 3 N–H and O–H groups in total. The van der Waals surface area contributed by atoms with Crippen LogP contribution in [-0.4, -0.2) is 29.6 Å². The van der Waals surface area contributed by atoms with Gasteiger partial charge < -0.3 is 15.8 Å². The van der Waals surface area contributed by atoms with E-state index in [0.717, 1.165) is 12.1 Å². The molecule has 0 saturated carbocycles. The van der Waals surface area contributed by atoms with Crippen molar-refractivity contribution < 1.29 is 18.8 Å². The van der Waals surface area contributed by atoms with E-state index >= 15 is 0 Å². The molecule has 1 aliphatic rings. The molecule has 114 valence electrons. The Morgan fingerprint density at radius 2 is 2.29 bits per heavy atom. The van der Waals surface area contributed by atoms with E-state index in [1.54, 1.807) is 0 Å². The molecule has 2 atom stereocenters. The summed E-state index contributed by atoms with van der Waals surface area (Å²) in [5, 5.41) is 13.4. The minimum absolute atomic E-state index is 0.00338. The summed E-state index contributed by atoms with van der Waals surface area (Å²) in [6.07, 6.45) is 1.20. The van der Waals surface area contributed by atoms with Crippen LogP contribution in [0.2, 0.25) is 0 Å². The number of nitro benzene ring substituents is 1. The van der Waals surface area contributed by atoms with E-state index in [1.807, 2.05) is 6.92 Å². The monoisotopic (exact) mass is 297 g/mol. The Morgan fingerprint density at radius 3 is 2.90 bits per heavy atom. The summed E-state index contributed by atoms with van der Waals surface area (Å²) in [6, 6.07) is 1.65. The Hall–Kier alpha value is -2.22. The first kappa shape index (κ1) is 15.2. The molecule has 1 saturated heterocycles. The zero-order chi connectivity index (χ0) is 15.6. The van der Waals surface area contributed by atoms with Gasteiger partial charge in [-0.15, -0.1) is 0 Å². The predicted molar refractivity (Wildman–Crippen MR) is 73.4 cm³/mol. The summed E-state index contributed by atoms with van der Waals surface area (Å²) in [5.74, 6) is -1.62. The lowest BCUT2D eigenvalue weighted by molar-refractivity contribution is -0.384. The smallest absolute Gasteiger partial charge is 0.293 e. The number of ether oxygens (including phenoxy) is 1. The van der Waals surface area contributed by atoms with E-state index in [1.165, 1.54) is 0 Å². The molecule has 2 rings (SSSR count). The van der Waals surface area contributed by atoms with Crippen LogP contribution in [0.1, 0.15) is 30.1 Å². The van der Waals surface area contributed by atoms with Crippen molar-refractivity contribution in [3.05, 3.63) is 33.6 Å². The number of carbonyl (C=O) groups is 1. The van der Waals surface area contributed by atoms with E-state index in [4.69, 9.17) is 10.5 Å². The zero-order valence-electron chi connectivity index (χ0n) is 11.5. The molecule has 0 aliphatic carbocycles. The fourth-order valence-electron chi connectivity index (χ4n) is 2.36. The number of nitro groups is 1. The van der Waals surface area contributed by atoms with Gasteiger partial charge in [0.1, 0.15) is 17.1 Å². The van der Waals surface area contributed by atoms with Crippen LogP contribution in [0.3, 0.4) is 0 Å².